The maximum atomic E-state index is 5.73. The van der Waals surface area contributed by atoms with Crippen molar-refractivity contribution in [2.75, 3.05) is 5.73 Å². The van der Waals surface area contributed by atoms with Crippen LogP contribution in [0.25, 0.3) is 11.4 Å². The Morgan fingerprint density at radius 1 is 1.50 bits per heavy atom. The highest BCUT2D eigenvalue weighted by molar-refractivity contribution is 6.32. The molecule has 0 aliphatic rings. The lowest BCUT2D eigenvalue weighted by Crippen LogP contribution is -1.93. The molecule has 0 saturated carbocycles. The quantitative estimate of drug-likeness (QED) is 0.744. The van der Waals surface area contributed by atoms with Crippen LogP contribution in [0, 0.1) is 6.92 Å². The van der Waals surface area contributed by atoms with Crippen molar-refractivity contribution >= 4 is 17.3 Å². The van der Waals surface area contributed by atoms with E-state index in [9.17, 15) is 0 Å². The fraction of sp³-hybridized carbons (Fsp3) is 0.125. The molecule has 0 saturated heterocycles. The smallest absolute Gasteiger partial charge is 0.148 e. The summed E-state index contributed by atoms with van der Waals surface area (Å²) in [6.45, 7) is 1.80. The van der Waals surface area contributed by atoms with Gasteiger partial charge in [-0.3, -0.25) is 5.10 Å². The molecule has 0 aliphatic heterocycles. The van der Waals surface area contributed by atoms with Crippen LogP contribution in [0.5, 0.6) is 0 Å². The Bertz CT molecular complexity index is 465. The van der Waals surface area contributed by atoms with Crippen molar-refractivity contribution in [1.29, 1.82) is 0 Å². The minimum Gasteiger partial charge on any atom is -0.394 e. The fourth-order valence-corrected chi connectivity index (χ4v) is 1.24. The van der Waals surface area contributed by atoms with Gasteiger partial charge in [-0.15, -0.1) is 0 Å². The number of nitrogen functional groups attached to an aromatic ring is 1. The molecule has 2 heterocycles. The van der Waals surface area contributed by atoms with Crippen LogP contribution in [0.1, 0.15) is 5.82 Å². The average Bonchev–Trinajstić information content (AvgIpc) is 2.48. The highest BCUT2D eigenvalue weighted by atomic mass is 35.5. The number of nitrogens with one attached hydrogen (secondary N) is 1. The first-order valence-corrected chi connectivity index (χ1v) is 4.35. The summed E-state index contributed by atoms with van der Waals surface area (Å²) in [6, 6.07) is 1.73. The van der Waals surface area contributed by atoms with E-state index in [1.54, 1.807) is 19.2 Å². The summed E-state index contributed by atoms with van der Waals surface area (Å²) in [5.74, 6) is 0.668. The lowest BCUT2D eigenvalue weighted by atomic mass is 10.3. The Morgan fingerprint density at radius 3 is 2.86 bits per heavy atom. The fourth-order valence-electron chi connectivity index (χ4n) is 1.11. The van der Waals surface area contributed by atoms with Crippen molar-refractivity contribution in [2.45, 2.75) is 6.92 Å². The molecule has 72 valence electrons. The van der Waals surface area contributed by atoms with E-state index in [-0.39, 0.29) is 0 Å². The highest BCUT2D eigenvalue weighted by Gasteiger charge is 2.11. The Balaban J connectivity index is 2.55. The molecule has 0 amide bonds. The molecule has 3 N–H and O–H groups in total. The van der Waals surface area contributed by atoms with E-state index >= 15 is 0 Å². The van der Waals surface area contributed by atoms with Crippen molar-refractivity contribution in [3.8, 4) is 11.4 Å². The molecule has 0 spiro atoms. The van der Waals surface area contributed by atoms with E-state index < -0.39 is 0 Å². The van der Waals surface area contributed by atoms with Gasteiger partial charge in [0.1, 0.15) is 16.7 Å². The molecule has 2 aromatic rings. The van der Waals surface area contributed by atoms with Gasteiger partial charge >= 0.3 is 0 Å². The van der Waals surface area contributed by atoms with Crippen molar-refractivity contribution in [3.63, 3.8) is 0 Å². The molecule has 0 fully saturated rings. The summed E-state index contributed by atoms with van der Waals surface area (Å²) in [6.07, 6.45) is 1.65. The minimum absolute atomic E-state index is 0.330. The van der Waals surface area contributed by atoms with Crippen LogP contribution in [0.2, 0.25) is 5.15 Å². The molecule has 2 rings (SSSR count). The normalized spacial score (nSPS) is 10.4. The Hall–Kier alpha value is -1.62. The molecule has 5 nitrogen and oxygen atoms in total. The van der Waals surface area contributed by atoms with Crippen LogP contribution in [-0.2, 0) is 0 Å². The highest BCUT2D eigenvalue weighted by Crippen LogP contribution is 2.26. The van der Waals surface area contributed by atoms with Gasteiger partial charge in [0.2, 0.25) is 0 Å². The van der Waals surface area contributed by atoms with E-state index in [1.807, 2.05) is 0 Å². The van der Waals surface area contributed by atoms with Crippen molar-refractivity contribution < 1.29 is 0 Å². The topological polar surface area (TPSA) is 80.5 Å². The van der Waals surface area contributed by atoms with Gasteiger partial charge in [-0.2, -0.15) is 5.10 Å². The lowest BCUT2D eigenvalue weighted by Gasteiger charge is -1.97. The van der Waals surface area contributed by atoms with E-state index in [4.69, 9.17) is 17.3 Å². The standard InChI is InChI=1S/C8H8ClN5/c1-4-11-3-2-5(12-4)7-6(10)8(9)14-13-7/h2-3H,10H2,1H3,(H,13,14). The maximum absolute atomic E-state index is 5.73. The molecular formula is C8H8ClN5. The summed E-state index contributed by atoms with van der Waals surface area (Å²) >= 11 is 5.73. The summed E-state index contributed by atoms with van der Waals surface area (Å²) in [4.78, 5) is 8.16. The number of hydrogen-bond acceptors (Lipinski definition) is 4. The number of nitrogens with two attached hydrogens (primary N) is 1. The van der Waals surface area contributed by atoms with Gasteiger partial charge in [0.05, 0.1) is 11.4 Å². The molecule has 14 heavy (non-hydrogen) atoms. The average molecular weight is 210 g/mol. The summed E-state index contributed by atoms with van der Waals surface area (Å²) < 4.78 is 0. The first-order chi connectivity index (χ1) is 6.68. The third-order valence-electron chi connectivity index (χ3n) is 1.78. The first-order valence-electron chi connectivity index (χ1n) is 3.98. The summed E-state index contributed by atoms with van der Waals surface area (Å²) in [5, 5.41) is 6.87. The van der Waals surface area contributed by atoms with Crippen molar-refractivity contribution in [2.24, 2.45) is 0 Å². The number of hydrogen-bond donors (Lipinski definition) is 2. The van der Waals surface area contributed by atoms with Gasteiger partial charge in [-0.25, -0.2) is 9.97 Å². The second kappa shape index (κ2) is 3.26. The molecule has 0 unspecified atom stereocenters. The van der Waals surface area contributed by atoms with Crippen LogP contribution >= 0.6 is 11.6 Å². The van der Waals surface area contributed by atoms with Gasteiger partial charge in [0, 0.05) is 6.20 Å². The number of rotatable bonds is 1. The second-order valence-corrected chi connectivity index (χ2v) is 3.17. The number of aromatic amines is 1. The van der Waals surface area contributed by atoms with E-state index in [1.165, 1.54) is 0 Å². The SMILES string of the molecule is Cc1nccc(-c2n[nH]c(Cl)c2N)n1. The van der Waals surface area contributed by atoms with Gasteiger partial charge in [-0.1, -0.05) is 11.6 Å². The third-order valence-corrected chi connectivity index (χ3v) is 2.06. The van der Waals surface area contributed by atoms with Gasteiger partial charge in [0.25, 0.3) is 0 Å². The predicted molar refractivity (Wildman–Crippen MR) is 53.8 cm³/mol. The van der Waals surface area contributed by atoms with Gasteiger partial charge in [0.15, 0.2) is 0 Å². The van der Waals surface area contributed by atoms with Crippen LogP contribution in [-0.4, -0.2) is 20.2 Å². The number of nitrogens with zero attached hydrogens (tertiary/aromatic N) is 3. The zero-order chi connectivity index (χ0) is 10.1. The van der Waals surface area contributed by atoms with E-state index in [2.05, 4.69) is 20.2 Å². The molecule has 0 aliphatic carbocycles. The molecule has 2 aromatic heterocycles. The van der Waals surface area contributed by atoms with E-state index in [0.29, 0.717) is 28.1 Å². The van der Waals surface area contributed by atoms with Crippen LogP contribution in [0.15, 0.2) is 12.3 Å². The van der Waals surface area contributed by atoms with Gasteiger partial charge in [-0.05, 0) is 13.0 Å². The summed E-state index contributed by atoms with van der Waals surface area (Å²) in [5.41, 5.74) is 7.33. The third kappa shape index (κ3) is 1.42. The molecular weight excluding hydrogens is 202 g/mol. The minimum atomic E-state index is 0.330. The summed E-state index contributed by atoms with van der Waals surface area (Å²) in [7, 11) is 0. The number of aryl methyl sites for hydroxylation is 1. The Labute approximate surface area is 85.3 Å². The van der Waals surface area contributed by atoms with Gasteiger partial charge < -0.3 is 5.73 Å². The molecule has 0 aromatic carbocycles. The molecule has 0 atom stereocenters. The zero-order valence-corrected chi connectivity index (χ0v) is 8.21. The predicted octanol–water partition coefficient (Wildman–Crippen LogP) is 1.41. The number of halogens is 1. The molecule has 0 bridgehead atoms. The van der Waals surface area contributed by atoms with Crippen molar-refractivity contribution in [1.82, 2.24) is 20.2 Å². The largest absolute Gasteiger partial charge is 0.394 e. The van der Waals surface area contributed by atoms with Crippen LogP contribution in [0.4, 0.5) is 5.69 Å². The monoisotopic (exact) mass is 209 g/mol. The lowest BCUT2D eigenvalue weighted by molar-refractivity contribution is 1.03. The first kappa shape index (κ1) is 8.96. The second-order valence-electron chi connectivity index (χ2n) is 2.79. The van der Waals surface area contributed by atoms with Crippen LogP contribution in [0.3, 0.4) is 0 Å². The Morgan fingerprint density at radius 2 is 2.29 bits per heavy atom. The van der Waals surface area contributed by atoms with E-state index in [0.717, 1.165) is 0 Å². The number of aromatic nitrogens is 4. The molecule has 0 radical (unpaired) electrons. The maximum Gasteiger partial charge on any atom is 0.148 e. The molecule has 6 heteroatoms. The number of anilines is 1. The zero-order valence-electron chi connectivity index (χ0n) is 7.45. The Kier molecular flexibility index (Phi) is 2.09. The van der Waals surface area contributed by atoms with Crippen LogP contribution < -0.4 is 5.73 Å². The number of H-pyrrole nitrogens is 1. The van der Waals surface area contributed by atoms with Crippen molar-refractivity contribution in [3.05, 3.63) is 23.2 Å².